The van der Waals surface area contributed by atoms with E-state index >= 15 is 0 Å². The molecule has 1 N–H and O–H groups in total. The van der Waals surface area contributed by atoms with Crippen LogP contribution in [0.2, 0.25) is 0 Å². The molecule has 0 fully saturated rings. The van der Waals surface area contributed by atoms with Crippen molar-refractivity contribution in [2.24, 2.45) is 5.92 Å². The van der Waals surface area contributed by atoms with Crippen molar-refractivity contribution in [2.75, 3.05) is 27.9 Å². The average Bonchev–Trinajstić information content (AvgIpc) is 2.36. The number of ether oxygens (including phenoxy) is 3. The lowest BCUT2D eigenvalue weighted by Gasteiger charge is -2.14. The third-order valence-corrected chi connectivity index (χ3v) is 2.61. The number of methoxy groups -OCH3 is 3. The van der Waals surface area contributed by atoms with Gasteiger partial charge < -0.3 is 19.5 Å². The van der Waals surface area contributed by atoms with E-state index in [0.29, 0.717) is 23.2 Å². The van der Waals surface area contributed by atoms with Crippen LogP contribution in [-0.2, 0) is 6.54 Å². The van der Waals surface area contributed by atoms with E-state index in [-0.39, 0.29) is 12.4 Å². The first-order chi connectivity index (χ1) is 8.62. The van der Waals surface area contributed by atoms with Crippen LogP contribution >= 0.6 is 12.4 Å². The Kier molecular flexibility index (Phi) is 8.35. The zero-order valence-corrected chi connectivity index (χ0v) is 13.1. The average molecular weight is 290 g/mol. The van der Waals surface area contributed by atoms with Gasteiger partial charge in [0.25, 0.3) is 0 Å². The Morgan fingerprint density at radius 2 is 1.53 bits per heavy atom. The molecule has 0 aromatic heterocycles. The zero-order valence-electron chi connectivity index (χ0n) is 12.3. The summed E-state index contributed by atoms with van der Waals surface area (Å²) in [6.07, 6.45) is 0. The van der Waals surface area contributed by atoms with Crippen molar-refractivity contribution in [1.82, 2.24) is 5.32 Å². The first-order valence-electron chi connectivity index (χ1n) is 6.12. The van der Waals surface area contributed by atoms with E-state index in [0.717, 1.165) is 18.7 Å². The Morgan fingerprint density at radius 1 is 1.00 bits per heavy atom. The third-order valence-electron chi connectivity index (χ3n) is 2.61. The second kappa shape index (κ2) is 8.88. The Morgan fingerprint density at radius 3 is 1.89 bits per heavy atom. The predicted molar refractivity (Wildman–Crippen MR) is 79.9 cm³/mol. The van der Waals surface area contributed by atoms with Crippen molar-refractivity contribution in [3.8, 4) is 17.2 Å². The van der Waals surface area contributed by atoms with Crippen LogP contribution in [0.25, 0.3) is 0 Å². The molecule has 0 heterocycles. The van der Waals surface area contributed by atoms with Crippen LogP contribution in [0.3, 0.4) is 0 Å². The van der Waals surface area contributed by atoms with E-state index in [2.05, 4.69) is 19.2 Å². The number of nitrogens with one attached hydrogen (secondary N) is 1. The maximum atomic E-state index is 5.31. The second-order valence-electron chi connectivity index (χ2n) is 4.56. The van der Waals surface area contributed by atoms with Crippen molar-refractivity contribution >= 4 is 12.4 Å². The highest BCUT2D eigenvalue weighted by atomic mass is 35.5. The molecule has 110 valence electrons. The van der Waals surface area contributed by atoms with Crippen molar-refractivity contribution in [2.45, 2.75) is 20.4 Å². The zero-order chi connectivity index (χ0) is 13.5. The molecule has 0 aliphatic rings. The van der Waals surface area contributed by atoms with Crippen LogP contribution in [0.1, 0.15) is 19.4 Å². The molecule has 0 saturated heterocycles. The van der Waals surface area contributed by atoms with Crippen LogP contribution in [0.5, 0.6) is 17.2 Å². The van der Waals surface area contributed by atoms with Gasteiger partial charge in [0.2, 0.25) is 5.75 Å². The molecule has 1 rings (SSSR count). The van der Waals surface area contributed by atoms with Gasteiger partial charge >= 0.3 is 0 Å². The minimum atomic E-state index is 0. The molecule has 0 unspecified atom stereocenters. The van der Waals surface area contributed by atoms with E-state index < -0.39 is 0 Å². The fraction of sp³-hybridized carbons (Fsp3) is 0.571. The molecule has 0 atom stereocenters. The summed E-state index contributed by atoms with van der Waals surface area (Å²) in [4.78, 5) is 0. The lowest BCUT2D eigenvalue weighted by atomic mass is 10.1. The molecule has 0 spiro atoms. The molecule has 0 bridgehead atoms. The van der Waals surface area contributed by atoms with E-state index in [1.807, 2.05) is 12.1 Å². The molecule has 0 amide bonds. The Balaban J connectivity index is 0.00000324. The molecule has 0 radical (unpaired) electrons. The first-order valence-corrected chi connectivity index (χ1v) is 6.12. The molecule has 1 aromatic carbocycles. The Hall–Kier alpha value is -1.13. The lowest BCUT2D eigenvalue weighted by Crippen LogP contribution is -2.19. The van der Waals surface area contributed by atoms with Crippen LogP contribution in [0.15, 0.2) is 12.1 Å². The highest BCUT2D eigenvalue weighted by Gasteiger charge is 2.12. The van der Waals surface area contributed by atoms with Gasteiger partial charge in [0.1, 0.15) is 0 Å². The van der Waals surface area contributed by atoms with Gasteiger partial charge in [-0.25, -0.2) is 0 Å². The highest BCUT2D eigenvalue weighted by molar-refractivity contribution is 5.85. The molecule has 5 heteroatoms. The monoisotopic (exact) mass is 289 g/mol. The second-order valence-corrected chi connectivity index (χ2v) is 4.56. The van der Waals surface area contributed by atoms with Gasteiger partial charge in [0.05, 0.1) is 21.3 Å². The van der Waals surface area contributed by atoms with Gasteiger partial charge in [-0.2, -0.15) is 0 Å². The molecule has 0 aliphatic heterocycles. The van der Waals surface area contributed by atoms with Crippen molar-refractivity contribution in [3.63, 3.8) is 0 Å². The van der Waals surface area contributed by atoms with Crippen molar-refractivity contribution < 1.29 is 14.2 Å². The van der Waals surface area contributed by atoms with Crippen LogP contribution < -0.4 is 19.5 Å². The molecule has 19 heavy (non-hydrogen) atoms. The third kappa shape index (κ3) is 5.17. The fourth-order valence-corrected chi connectivity index (χ4v) is 1.74. The number of hydrogen-bond donors (Lipinski definition) is 1. The summed E-state index contributed by atoms with van der Waals surface area (Å²) in [6.45, 7) is 6.13. The summed E-state index contributed by atoms with van der Waals surface area (Å²) in [5.41, 5.74) is 1.12. The van der Waals surface area contributed by atoms with Gasteiger partial charge in [-0.3, -0.25) is 0 Å². The van der Waals surface area contributed by atoms with Crippen molar-refractivity contribution in [3.05, 3.63) is 17.7 Å². The Bertz CT molecular complexity index is 358. The summed E-state index contributed by atoms with van der Waals surface area (Å²) in [7, 11) is 4.86. The van der Waals surface area contributed by atoms with Gasteiger partial charge in [-0.05, 0) is 30.2 Å². The minimum Gasteiger partial charge on any atom is -0.493 e. The van der Waals surface area contributed by atoms with E-state index in [4.69, 9.17) is 14.2 Å². The normalized spacial score (nSPS) is 10.0. The largest absolute Gasteiger partial charge is 0.493 e. The van der Waals surface area contributed by atoms with E-state index in [1.165, 1.54) is 0 Å². The maximum absolute atomic E-state index is 5.31. The van der Waals surface area contributed by atoms with E-state index in [1.54, 1.807) is 21.3 Å². The maximum Gasteiger partial charge on any atom is 0.203 e. The SMILES string of the molecule is COc1cc(CNCC(C)C)cc(OC)c1OC.Cl. The Labute approximate surface area is 121 Å². The molecular weight excluding hydrogens is 266 g/mol. The molecule has 4 nitrogen and oxygen atoms in total. The topological polar surface area (TPSA) is 39.7 Å². The predicted octanol–water partition coefficient (Wildman–Crippen LogP) is 2.88. The summed E-state index contributed by atoms with van der Waals surface area (Å²) in [5.74, 6) is 2.65. The van der Waals surface area contributed by atoms with Crippen LogP contribution in [0, 0.1) is 5.92 Å². The van der Waals surface area contributed by atoms with Crippen LogP contribution in [0.4, 0.5) is 0 Å². The highest BCUT2D eigenvalue weighted by Crippen LogP contribution is 2.38. The molecule has 0 saturated carbocycles. The molecule has 0 aliphatic carbocycles. The van der Waals surface area contributed by atoms with Crippen molar-refractivity contribution in [1.29, 1.82) is 0 Å². The van der Waals surface area contributed by atoms with Gasteiger partial charge in [-0.15, -0.1) is 12.4 Å². The number of halogens is 1. The number of hydrogen-bond acceptors (Lipinski definition) is 4. The fourth-order valence-electron chi connectivity index (χ4n) is 1.74. The smallest absolute Gasteiger partial charge is 0.203 e. The number of benzene rings is 1. The van der Waals surface area contributed by atoms with Gasteiger partial charge in [-0.1, -0.05) is 13.8 Å². The van der Waals surface area contributed by atoms with E-state index in [9.17, 15) is 0 Å². The summed E-state index contributed by atoms with van der Waals surface area (Å²) in [6, 6.07) is 3.93. The number of rotatable bonds is 7. The van der Waals surface area contributed by atoms with Gasteiger partial charge in [0.15, 0.2) is 11.5 Å². The summed E-state index contributed by atoms with van der Waals surface area (Å²) >= 11 is 0. The lowest BCUT2D eigenvalue weighted by molar-refractivity contribution is 0.323. The quantitative estimate of drug-likeness (QED) is 0.838. The minimum absolute atomic E-state index is 0. The van der Waals surface area contributed by atoms with Gasteiger partial charge in [0, 0.05) is 6.54 Å². The standard InChI is InChI=1S/C14H23NO3.ClH/c1-10(2)8-15-9-11-6-12(16-3)14(18-5)13(7-11)17-4;/h6-7,10,15H,8-9H2,1-5H3;1H. The molecule has 1 aromatic rings. The molecular formula is C14H24ClNO3. The first kappa shape index (κ1) is 17.9. The summed E-state index contributed by atoms with van der Waals surface area (Å²) < 4.78 is 15.9. The van der Waals surface area contributed by atoms with Crippen LogP contribution in [-0.4, -0.2) is 27.9 Å². The summed E-state index contributed by atoms with van der Waals surface area (Å²) in [5, 5.41) is 3.39.